The maximum absolute atomic E-state index is 15.0. The summed E-state index contributed by atoms with van der Waals surface area (Å²) in [7, 11) is -1.47. The molecule has 1 atom stereocenters. The van der Waals surface area contributed by atoms with Gasteiger partial charge in [-0.3, -0.25) is 4.79 Å². The predicted molar refractivity (Wildman–Crippen MR) is 151 cm³/mol. The number of fused-ring (bicyclic) bond motifs is 2. The lowest BCUT2D eigenvalue weighted by Gasteiger charge is -2.22. The van der Waals surface area contributed by atoms with Crippen LogP contribution in [0.4, 0.5) is 10.1 Å². The Balaban J connectivity index is 1.62. The second-order valence-electron chi connectivity index (χ2n) is 10.0. The van der Waals surface area contributed by atoms with Crippen molar-refractivity contribution in [3.8, 4) is 11.1 Å². The molecular weight excluding hydrogens is 506 g/mol. The predicted octanol–water partition coefficient (Wildman–Crippen LogP) is 6.22. The van der Waals surface area contributed by atoms with Crippen LogP contribution < -0.4 is 16.2 Å². The molecule has 9 heteroatoms. The standard InChI is InChI=1S/C29H27BClFN2O4/c1-14(2)28-16(4)27(35)23-9-15(3)8-21(29(23)37-28)17(5)34-25-7-6-20(31)12-22(25)18-10-19-13-33-38-30(36)26(19)24(32)11-18/h6-14,17,34,36H,1-5H3/t17-/m1/s1. The van der Waals surface area contributed by atoms with E-state index in [9.17, 15) is 9.82 Å². The molecule has 5 rings (SSSR count). The summed E-state index contributed by atoms with van der Waals surface area (Å²) in [6.07, 6.45) is 1.37. The van der Waals surface area contributed by atoms with Gasteiger partial charge in [0.15, 0.2) is 5.43 Å². The number of anilines is 1. The van der Waals surface area contributed by atoms with Gasteiger partial charge in [0.25, 0.3) is 0 Å². The molecule has 38 heavy (non-hydrogen) atoms. The van der Waals surface area contributed by atoms with Crippen LogP contribution in [0, 0.1) is 19.7 Å². The molecule has 194 valence electrons. The number of benzene rings is 3. The molecule has 0 saturated heterocycles. The molecule has 0 fully saturated rings. The molecule has 0 spiro atoms. The minimum absolute atomic E-state index is 0.0309. The van der Waals surface area contributed by atoms with Gasteiger partial charge in [0.2, 0.25) is 0 Å². The molecule has 2 N–H and O–H groups in total. The third-order valence-electron chi connectivity index (χ3n) is 6.85. The van der Waals surface area contributed by atoms with Gasteiger partial charge in [0, 0.05) is 44.3 Å². The summed E-state index contributed by atoms with van der Waals surface area (Å²) in [5.74, 6) is 0.112. The molecule has 0 bridgehead atoms. The van der Waals surface area contributed by atoms with Crippen molar-refractivity contribution in [3.05, 3.63) is 91.5 Å². The molecule has 0 saturated carbocycles. The number of oxime groups is 1. The Morgan fingerprint density at radius 3 is 2.61 bits per heavy atom. The number of nitrogens with one attached hydrogen (secondary N) is 1. The fourth-order valence-electron chi connectivity index (χ4n) is 5.01. The Bertz CT molecular complexity index is 1670. The van der Waals surface area contributed by atoms with Crippen molar-refractivity contribution < 1.29 is 18.6 Å². The molecule has 0 amide bonds. The Labute approximate surface area is 225 Å². The Morgan fingerprint density at radius 2 is 1.87 bits per heavy atom. The third-order valence-corrected chi connectivity index (χ3v) is 7.08. The summed E-state index contributed by atoms with van der Waals surface area (Å²) in [6, 6.07) is 12.0. The number of rotatable bonds is 5. The SMILES string of the molecule is Cc1cc([C@@H](C)Nc2ccc(Cl)cc2-c2cc(F)c3c(c2)C=NOB3O)c2oc(C(C)C)c(C)c(=O)c2c1. The van der Waals surface area contributed by atoms with Gasteiger partial charge in [-0.2, -0.15) is 0 Å². The van der Waals surface area contributed by atoms with Crippen molar-refractivity contribution in [3.63, 3.8) is 0 Å². The molecule has 4 aromatic rings. The van der Waals surface area contributed by atoms with Crippen LogP contribution in [-0.2, 0) is 4.76 Å². The van der Waals surface area contributed by atoms with Crippen LogP contribution in [0.15, 0.2) is 56.8 Å². The van der Waals surface area contributed by atoms with E-state index in [-0.39, 0.29) is 22.9 Å². The van der Waals surface area contributed by atoms with Crippen LogP contribution in [0.2, 0.25) is 5.02 Å². The van der Waals surface area contributed by atoms with Gasteiger partial charge >= 0.3 is 7.12 Å². The second-order valence-corrected chi connectivity index (χ2v) is 10.5. The van der Waals surface area contributed by atoms with Gasteiger partial charge in [-0.25, -0.2) is 4.39 Å². The summed E-state index contributed by atoms with van der Waals surface area (Å²) in [6.45, 7) is 9.73. The summed E-state index contributed by atoms with van der Waals surface area (Å²) in [5, 5.41) is 18.2. The van der Waals surface area contributed by atoms with Crippen molar-refractivity contribution in [1.82, 2.24) is 0 Å². The zero-order valence-corrected chi connectivity index (χ0v) is 22.5. The van der Waals surface area contributed by atoms with Gasteiger partial charge in [-0.15, -0.1) is 5.16 Å². The van der Waals surface area contributed by atoms with Crippen molar-refractivity contribution in [2.24, 2.45) is 5.16 Å². The molecule has 2 heterocycles. The number of hydrogen-bond acceptors (Lipinski definition) is 6. The van der Waals surface area contributed by atoms with Gasteiger partial charge in [0.1, 0.15) is 17.2 Å². The summed E-state index contributed by atoms with van der Waals surface area (Å²) >= 11 is 6.35. The average Bonchev–Trinajstić information content (AvgIpc) is 2.86. The summed E-state index contributed by atoms with van der Waals surface area (Å²) < 4.78 is 26.1. The minimum Gasteiger partial charge on any atom is -0.460 e. The quantitative estimate of drug-likeness (QED) is 0.298. The maximum atomic E-state index is 15.0. The van der Waals surface area contributed by atoms with Crippen molar-refractivity contribution >= 4 is 47.1 Å². The van der Waals surface area contributed by atoms with Crippen molar-refractivity contribution in [2.75, 3.05) is 5.32 Å². The Kier molecular flexibility index (Phi) is 6.80. The number of hydrogen-bond donors (Lipinski definition) is 2. The molecule has 0 radical (unpaired) electrons. The van der Waals surface area contributed by atoms with E-state index >= 15 is 4.39 Å². The zero-order chi connectivity index (χ0) is 27.3. The third kappa shape index (κ3) is 4.59. The first-order chi connectivity index (χ1) is 18.0. The van der Waals surface area contributed by atoms with Gasteiger partial charge in [-0.1, -0.05) is 31.5 Å². The van der Waals surface area contributed by atoms with E-state index in [0.717, 1.165) is 11.1 Å². The lowest BCUT2D eigenvalue weighted by molar-refractivity contribution is 0.285. The van der Waals surface area contributed by atoms with Crippen molar-refractivity contribution in [2.45, 2.75) is 46.6 Å². The maximum Gasteiger partial charge on any atom is 0.586 e. The molecular formula is C29H27BClFN2O4. The van der Waals surface area contributed by atoms with E-state index in [1.165, 1.54) is 12.3 Å². The van der Waals surface area contributed by atoms with Gasteiger partial charge < -0.3 is 19.5 Å². The fourth-order valence-corrected chi connectivity index (χ4v) is 5.18. The zero-order valence-electron chi connectivity index (χ0n) is 21.7. The van der Waals surface area contributed by atoms with Crippen LogP contribution in [0.25, 0.3) is 22.1 Å². The van der Waals surface area contributed by atoms with Gasteiger partial charge in [0.05, 0.1) is 17.6 Å². The molecule has 1 aromatic heterocycles. The normalized spacial score (nSPS) is 13.6. The van der Waals surface area contributed by atoms with Crippen LogP contribution in [-0.4, -0.2) is 18.4 Å². The largest absolute Gasteiger partial charge is 0.586 e. The molecule has 1 aliphatic heterocycles. The van der Waals surface area contributed by atoms with Crippen molar-refractivity contribution in [1.29, 1.82) is 0 Å². The topological polar surface area (TPSA) is 84.1 Å². The smallest absolute Gasteiger partial charge is 0.460 e. The lowest BCUT2D eigenvalue weighted by atomic mass is 9.75. The van der Waals surface area contributed by atoms with E-state index in [2.05, 4.69) is 10.5 Å². The Hall–Kier alpha value is -3.62. The summed E-state index contributed by atoms with van der Waals surface area (Å²) in [4.78, 5) is 13.2. The first kappa shape index (κ1) is 26.0. The summed E-state index contributed by atoms with van der Waals surface area (Å²) in [5.41, 5.74) is 5.30. The second kappa shape index (κ2) is 9.93. The highest BCUT2D eigenvalue weighted by molar-refractivity contribution is 6.62. The molecule has 1 aliphatic rings. The minimum atomic E-state index is -1.47. The van der Waals surface area contributed by atoms with E-state index in [1.807, 2.05) is 45.9 Å². The van der Waals surface area contributed by atoms with E-state index in [0.29, 0.717) is 49.7 Å². The Morgan fingerprint density at radius 1 is 1.11 bits per heavy atom. The lowest BCUT2D eigenvalue weighted by Crippen LogP contribution is -2.40. The highest BCUT2D eigenvalue weighted by Crippen LogP contribution is 2.36. The molecule has 3 aromatic carbocycles. The number of aryl methyl sites for hydroxylation is 1. The highest BCUT2D eigenvalue weighted by Gasteiger charge is 2.30. The molecule has 0 aliphatic carbocycles. The average molecular weight is 533 g/mol. The van der Waals surface area contributed by atoms with Crippen LogP contribution in [0.5, 0.6) is 0 Å². The first-order valence-corrected chi connectivity index (χ1v) is 12.8. The van der Waals surface area contributed by atoms with Crippen LogP contribution in [0.1, 0.15) is 60.7 Å². The molecule has 0 unspecified atom stereocenters. The van der Waals surface area contributed by atoms with Crippen LogP contribution in [0.3, 0.4) is 0 Å². The van der Waals surface area contributed by atoms with E-state index < -0.39 is 12.9 Å². The van der Waals surface area contributed by atoms with E-state index in [4.69, 9.17) is 20.8 Å². The fraction of sp³-hybridized carbons (Fsp3) is 0.241. The molecule has 6 nitrogen and oxygen atoms in total. The van der Waals surface area contributed by atoms with Crippen LogP contribution >= 0.6 is 11.6 Å². The van der Waals surface area contributed by atoms with E-state index in [1.54, 1.807) is 25.1 Å². The van der Waals surface area contributed by atoms with Gasteiger partial charge in [-0.05, 0) is 68.3 Å². The number of halogens is 2. The first-order valence-electron chi connectivity index (χ1n) is 12.4. The highest BCUT2D eigenvalue weighted by atomic mass is 35.5. The number of nitrogens with zero attached hydrogens (tertiary/aromatic N) is 1. The monoisotopic (exact) mass is 532 g/mol.